The first-order valence-corrected chi connectivity index (χ1v) is 9.18. The van der Waals surface area contributed by atoms with E-state index in [-0.39, 0.29) is 12.1 Å². The molecular weight excluding hydrogens is 316 g/mol. The van der Waals surface area contributed by atoms with Crippen LogP contribution in [-0.2, 0) is 0 Å². The average molecular weight is 348 g/mol. The van der Waals surface area contributed by atoms with Gasteiger partial charge < -0.3 is 19.9 Å². The molecule has 0 bridgehead atoms. The van der Waals surface area contributed by atoms with E-state index in [1.54, 1.807) is 7.11 Å². The number of nitrogens with zero attached hydrogens (tertiary/aromatic N) is 3. The molecule has 1 N–H and O–H groups in total. The summed E-state index contributed by atoms with van der Waals surface area (Å²) in [6, 6.07) is 8.38. The first-order valence-electron chi connectivity index (χ1n) is 9.18. The van der Waals surface area contributed by atoms with Crippen molar-refractivity contribution < 1.29 is 9.53 Å². The van der Waals surface area contributed by atoms with Gasteiger partial charge in [-0.25, -0.2) is 4.79 Å². The van der Waals surface area contributed by atoms with Gasteiger partial charge in [0.25, 0.3) is 0 Å². The van der Waals surface area contributed by atoms with Crippen molar-refractivity contribution in [1.29, 1.82) is 0 Å². The lowest BCUT2D eigenvalue weighted by Crippen LogP contribution is -2.49. The molecule has 2 rings (SSSR count). The van der Waals surface area contributed by atoms with E-state index < -0.39 is 0 Å². The number of ether oxygens (including phenoxy) is 1. The molecular formula is C19H32N4O2. The number of carbonyl (C=O) groups excluding carboxylic acids is 1. The lowest BCUT2D eigenvalue weighted by Gasteiger charge is -2.38. The number of methoxy groups -OCH3 is 1. The molecule has 0 spiro atoms. The van der Waals surface area contributed by atoms with Gasteiger partial charge in [0.1, 0.15) is 5.75 Å². The van der Waals surface area contributed by atoms with Gasteiger partial charge in [-0.05, 0) is 38.6 Å². The van der Waals surface area contributed by atoms with E-state index in [2.05, 4.69) is 34.3 Å². The monoisotopic (exact) mass is 348 g/mol. The Labute approximate surface area is 151 Å². The van der Waals surface area contributed by atoms with Gasteiger partial charge in [0.15, 0.2) is 0 Å². The molecule has 0 aromatic heterocycles. The van der Waals surface area contributed by atoms with Gasteiger partial charge in [-0.2, -0.15) is 0 Å². The number of piperazine rings is 1. The van der Waals surface area contributed by atoms with E-state index in [0.717, 1.165) is 45.0 Å². The summed E-state index contributed by atoms with van der Waals surface area (Å²) in [5.74, 6) is 0.855. The highest BCUT2D eigenvalue weighted by molar-refractivity contribution is 5.74. The van der Waals surface area contributed by atoms with Crippen LogP contribution in [0, 0.1) is 0 Å². The van der Waals surface area contributed by atoms with Crippen LogP contribution in [0.3, 0.4) is 0 Å². The lowest BCUT2D eigenvalue weighted by molar-refractivity contribution is 0.109. The third kappa shape index (κ3) is 5.34. The van der Waals surface area contributed by atoms with E-state index in [1.807, 2.05) is 30.9 Å². The number of carbonyl (C=O) groups is 1. The molecule has 0 radical (unpaired) electrons. The lowest BCUT2D eigenvalue weighted by atomic mass is 10.0. The minimum absolute atomic E-state index is 0.0117. The van der Waals surface area contributed by atoms with Crippen LogP contribution in [0.15, 0.2) is 24.3 Å². The molecule has 0 aliphatic carbocycles. The Morgan fingerprint density at radius 2 is 1.76 bits per heavy atom. The second kappa shape index (κ2) is 9.63. The maximum atomic E-state index is 12.3. The first kappa shape index (κ1) is 19.5. The number of benzene rings is 1. The first-order chi connectivity index (χ1) is 12.1. The van der Waals surface area contributed by atoms with E-state index in [4.69, 9.17) is 4.74 Å². The summed E-state index contributed by atoms with van der Waals surface area (Å²) in [6.45, 7) is 10.2. The second-order valence-electron chi connectivity index (χ2n) is 6.49. The number of nitrogens with one attached hydrogen (secondary N) is 1. The molecule has 6 heteroatoms. The zero-order chi connectivity index (χ0) is 18.2. The summed E-state index contributed by atoms with van der Waals surface area (Å²) in [5.41, 5.74) is 1.21. The highest BCUT2D eigenvalue weighted by atomic mass is 16.5. The zero-order valence-electron chi connectivity index (χ0n) is 16.0. The highest BCUT2D eigenvalue weighted by Gasteiger charge is 2.25. The Kier molecular flexibility index (Phi) is 7.52. The standard InChI is InChI=1S/C19H32N4O2/c1-5-22(6-2)19(24)20-15-18(23-13-11-21(3)12-14-23)16-7-9-17(25-4)10-8-16/h7-10,18H,5-6,11-15H2,1-4H3,(H,20,24). The van der Waals surface area contributed by atoms with Crippen molar-refractivity contribution >= 4 is 6.03 Å². The molecule has 1 aliphatic rings. The smallest absolute Gasteiger partial charge is 0.317 e. The summed E-state index contributed by atoms with van der Waals surface area (Å²) < 4.78 is 5.27. The van der Waals surface area contributed by atoms with E-state index in [0.29, 0.717) is 6.54 Å². The Balaban J connectivity index is 2.09. The fraction of sp³-hybridized carbons (Fsp3) is 0.632. The largest absolute Gasteiger partial charge is 0.497 e. The molecule has 1 unspecified atom stereocenters. The van der Waals surface area contributed by atoms with E-state index in [9.17, 15) is 4.79 Å². The van der Waals surface area contributed by atoms with Crippen LogP contribution >= 0.6 is 0 Å². The fourth-order valence-corrected chi connectivity index (χ4v) is 3.22. The summed E-state index contributed by atoms with van der Waals surface area (Å²) in [5, 5.41) is 3.12. The number of amides is 2. The van der Waals surface area contributed by atoms with Crippen molar-refractivity contribution in [2.75, 3.05) is 60.0 Å². The summed E-state index contributed by atoms with van der Waals surface area (Å²) in [7, 11) is 3.83. The SMILES string of the molecule is CCN(CC)C(=O)NCC(c1ccc(OC)cc1)N1CCN(C)CC1. The fourth-order valence-electron chi connectivity index (χ4n) is 3.22. The molecule has 1 fully saturated rings. The molecule has 1 aromatic rings. The van der Waals surface area contributed by atoms with Crippen molar-refractivity contribution in [1.82, 2.24) is 20.0 Å². The van der Waals surface area contributed by atoms with Crippen molar-refractivity contribution in [3.05, 3.63) is 29.8 Å². The van der Waals surface area contributed by atoms with Crippen LogP contribution in [0.1, 0.15) is 25.5 Å². The maximum Gasteiger partial charge on any atom is 0.317 e. The van der Waals surface area contributed by atoms with Crippen molar-refractivity contribution in [3.63, 3.8) is 0 Å². The van der Waals surface area contributed by atoms with Gasteiger partial charge in [0, 0.05) is 45.8 Å². The van der Waals surface area contributed by atoms with Crippen LogP contribution in [0.25, 0.3) is 0 Å². The minimum Gasteiger partial charge on any atom is -0.497 e. The number of hydrogen-bond acceptors (Lipinski definition) is 4. The zero-order valence-corrected chi connectivity index (χ0v) is 16.0. The van der Waals surface area contributed by atoms with Crippen LogP contribution in [0.4, 0.5) is 4.79 Å². The predicted molar refractivity (Wildman–Crippen MR) is 101 cm³/mol. The van der Waals surface area contributed by atoms with Gasteiger partial charge in [-0.3, -0.25) is 4.90 Å². The number of likely N-dealkylation sites (N-methyl/N-ethyl adjacent to an activating group) is 1. The van der Waals surface area contributed by atoms with E-state index in [1.165, 1.54) is 5.56 Å². The van der Waals surface area contributed by atoms with Gasteiger partial charge in [-0.1, -0.05) is 12.1 Å². The van der Waals surface area contributed by atoms with Crippen LogP contribution in [0.2, 0.25) is 0 Å². The molecule has 6 nitrogen and oxygen atoms in total. The van der Waals surface area contributed by atoms with Gasteiger partial charge >= 0.3 is 6.03 Å². The van der Waals surface area contributed by atoms with Gasteiger partial charge in [-0.15, -0.1) is 0 Å². The van der Waals surface area contributed by atoms with Gasteiger partial charge in [0.05, 0.1) is 13.2 Å². The van der Waals surface area contributed by atoms with Crippen LogP contribution in [0.5, 0.6) is 5.75 Å². The van der Waals surface area contributed by atoms with Gasteiger partial charge in [0.2, 0.25) is 0 Å². The summed E-state index contributed by atoms with van der Waals surface area (Å²) >= 11 is 0. The molecule has 1 aromatic carbocycles. The minimum atomic E-state index is 0.0117. The van der Waals surface area contributed by atoms with Crippen LogP contribution < -0.4 is 10.1 Å². The highest BCUT2D eigenvalue weighted by Crippen LogP contribution is 2.24. The molecule has 1 heterocycles. The third-order valence-corrected chi connectivity index (χ3v) is 4.98. The Morgan fingerprint density at radius 3 is 2.28 bits per heavy atom. The predicted octanol–water partition coefficient (Wildman–Crippen LogP) is 2.04. The normalized spacial score (nSPS) is 17.1. The molecule has 140 valence electrons. The number of hydrogen-bond donors (Lipinski definition) is 1. The Morgan fingerprint density at radius 1 is 1.16 bits per heavy atom. The molecule has 2 amide bonds. The van der Waals surface area contributed by atoms with Crippen molar-refractivity contribution in [3.8, 4) is 5.75 Å². The average Bonchev–Trinajstić information content (AvgIpc) is 2.65. The second-order valence-corrected chi connectivity index (χ2v) is 6.49. The number of rotatable bonds is 7. The summed E-state index contributed by atoms with van der Waals surface area (Å²) in [4.78, 5) is 19.0. The van der Waals surface area contributed by atoms with E-state index >= 15 is 0 Å². The Hall–Kier alpha value is -1.79. The quantitative estimate of drug-likeness (QED) is 0.819. The number of urea groups is 1. The van der Waals surface area contributed by atoms with Crippen molar-refractivity contribution in [2.24, 2.45) is 0 Å². The Bertz CT molecular complexity index is 523. The molecule has 1 atom stereocenters. The third-order valence-electron chi connectivity index (χ3n) is 4.98. The topological polar surface area (TPSA) is 48.1 Å². The summed E-state index contributed by atoms with van der Waals surface area (Å²) in [6.07, 6.45) is 0. The maximum absolute atomic E-state index is 12.3. The molecule has 1 saturated heterocycles. The molecule has 1 aliphatic heterocycles. The molecule has 25 heavy (non-hydrogen) atoms. The van der Waals surface area contributed by atoms with Crippen LogP contribution in [-0.4, -0.2) is 80.7 Å². The molecule has 0 saturated carbocycles. The van der Waals surface area contributed by atoms with Crippen molar-refractivity contribution in [2.45, 2.75) is 19.9 Å².